The van der Waals surface area contributed by atoms with Gasteiger partial charge >= 0.3 is 7.82 Å². The van der Waals surface area contributed by atoms with Gasteiger partial charge in [0.1, 0.15) is 0 Å². The van der Waals surface area contributed by atoms with Crippen molar-refractivity contribution in [2.75, 3.05) is 19.8 Å². The van der Waals surface area contributed by atoms with Gasteiger partial charge in [-0.25, -0.2) is 4.57 Å². The maximum atomic E-state index is 12.8. The third-order valence-corrected chi connectivity index (χ3v) is 11.4. The van der Waals surface area contributed by atoms with Crippen LogP contribution in [0.25, 0.3) is 0 Å². The Morgan fingerprint density at radius 3 is 1.44 bits per heavy atom. The van der Waals surface area contributed by atoms with Crippen LogP contribution in [-0.2, 0) is 18.4 Å². The Labute approximate surface area is 333 Å². The summed E-state index contributed by atoms with van der Waals surface area (Å²) in [5, 5.41) is 24.2. The molecule has 6 N–H and O–H groups in total. The molecule has 0 rings (SSSR count). The lowest BCUT2D eigenvalue weighted by molar-refractivity contribution is -0.125. The van der Waals surface area contributed by atoms with Crippen molar-refractivity contribution in [1.82, 2.24) is 5.32 Å². The molecule has 0 bridgehead atoms. The third-order valence-electron chi connectivity index (χ3n) is 10.4. The summed E-state index contributed by atoms with van der Waals surface area (Å²) in [6, 6.07) is -0.896. The number of nitrogens with one attached hydrogen (secondary N) is 1. The zero-order valence-corrected chi connectivity index (χ0v) is 36.2. The van der Waals surface area contributed by atoms with Crippen LogP contribution in [0.3, 0.4) is 0 Å². The minimum atomic E-state index is -4.37. The molecule has 322 valence electrons. The van der Waals surface area contributed by atoms with E-state index >= 15 is 0 Å². The largest absolute Gasteiger partial charge is 0.472 e. The molecule has 0 spiro atoms. The van der Waals surface area contributed by atoms with E-state index in [9.17, 15) is 24.5 Å². The Hall–Kier alpha value is -0.800. The number of unbranched alkanes of at least 4 members (excludes halogenated alkanes) is 27. The smallest absolute Gasteiger partial charge is 0.393 e. The number of nitrogens with two attached hydrogens (primary N) is 1. The Morgan fingerprint density at radius 1 is 0.611 bits per heavy atom. The first kappa shape index (κ1) is 53.2. The summed E-state index contributed by atoms with van der Waals surface area (Å²) in [4.78, 5) is 22.8. The van der Waals surface area contributed by atoms with Crippen molar-refractivity contribution in [2.45, 2.75) is 244 Å². The first-order valence-corrected chi connectivity index (χ1v) is 24.4. The monoisotopic (exact) mass is 789 g/mol. The molecule has 0 fully saturated rings. The summed E-state index contributed by atoms with van der Waals surface area (Å²) >= 11 is 0. The van der Waals surface area contributed by atoms with Gasteiger partial charge in [0.15, 0.2) is 0 Å². The van der Waals surface area contributed by atoms with E-state index in [2.05, 4.69) is 31.3 Å². The van der Waals surface area contributed by atoms with Crippen molar-refractivity contribution < 1.29 is 33.5 Å². The maximum absolute atomic E-state index is 12.8. The molecule has 0 heterocycles. The molecule has 0 saturated heterocycles. The quantitative estimate of drug-likeness (QED) is 0.0233. The van der Waals surface area contributed by atoms with Gasteiger partial charge in [-0.2, -0.15) is 0 Å². The highest BCUT2D eigenvalue weighted by Crippen LogP contribution is 2.43. The molecule has 0 aromatic carbocycles. The van der Waals surface area contributed by atoms with Gasteiger partial charge in [-0.15, -0.1) is 0 Å². The summed E-state index contributed by atoms with van der Waals surface area (Å²) in [5.74, 6) is -0.416. The van der Waals surface area contributed by atoms with Gasteiger partial charge in [0.05, 0.1) is 37.9 Å². The number of amides is 1. The molecule has 0 aliphatic carbocycles. The van der Waals surface area contributed by atoms with E-state index in [-0.39, 0.29) is 26.2 Å². The van der Waals surface area contributed by atoms with E-state index in [1.165, 1.54) is 148 Å². The van der Waals surface area contributed by atoms with Crippen LogP contribution in [0.1, 0.15) is 226 Å². The van der Waals surface area contributed by atoms with Gasteiger partial charge in [0.2, 0.25) is 5.91 Å². The van der Waals surface area contributed by atoms with Crippen LogP contribution in [0.4, 0.5) is 0 Å². The molecular weight excluding hydrogens is 699 g/mol. The minimum absolute atomic E-state index is 0.0601. The fraction of sp³-hybridized carbons (Fsp3) is 0.932. The predicted octanol–water partition coefficient (Wildman–Crippen LogP) is 11.8. The zero-order chi connectivity index (χ0) is 39.8. The standard InChI is InChI=1S/C44H89N2O7P/c1-3-5-7-9-11-13-15-17-18-19-20-21-22-24-26-28-30-32-34-36-43(48)42(40-53-54(50,51)52-38-37-45)46-44(49)39-41(47)35-33-31-29-27-25-23-16-14-12-10-8-6-4-2/h14,16,41-43,47-48H,3-13,15,17-40,45H2,1-2H3,(H,46,49)(H,50,51)/b16-14-. The van der Waals surface area contributed by atoms with E-state index < -0.39 is 32.0 Å². The molecule has 4 unspecified atom stereocenters. The van der Waals surface area contributed by atoms with E-state index in [4.69, 9.17) is 14.8 Å². The van der Waals surface area contributed by atoms with Crippen LogP contribution in [0.15, 0.2) is 12.2 Å². The van der Waals surface area contributed by atoms with E-state index in [1.807, 2.05) is 0 Å². The predicted molar refractivity (Wildman–Crippen MR) is 228 cm³/mol. The highest BCUT2D eigenvalue weighted by atomic mass is 31.2. The molecule has 0 aromatic rings. The molecule has 4 atom stereocenters. The van der Waals surface area contributed by atoms with Crippen molar-refractivity contribution >= 4 is 13.7 Å². The van der Waals surface area contributed by atoms with Crippen molar-refractivity contribution in [2.24, 2.45) is 5.73 Å². The number of aliphatic hydroxyl groups excluding tert-OH is 2. The molecule has 9 nitrogen and oxygen atoms in total. The minimum Gasteiger partial charge on any atom is -0.393 e. The summed E-state index contributed by atoms with van der Waals surface area (Å²) in [7, 11) is -4.37. The zero-order valence-electron chi connectivity index (χ0n) is 35.3. The number of phosphoric acid groups is 1. The van der Waals surface area contributed by atoms with E-state index in [0.29, 0.717) is 12.8 Å². The van der Waals surface area contributed by atoms with Gasteiger partial charge in [-0.05, 0) is 38.5 Å². The molecule has 1 amide bonds. The number of phosphoric ester groups is 1. The number of allylic oxidation sites excluding steroid dienone is 2. The van der Waals surface area contributed by atoms with Gasteiger partial charge in [-0.1, -0.05) is 193 Å². The second-order valence-electron chi connectivity index (χ2n) is 15.8. The number of carbonyl (C=O) groups excluding carboxylic acids is 1. The summed E-state index contributed by atoms with van der Waals surface area (Å²) in [6.07, 6.45) is 41.1. The number of hydrogen-bond donors (Lipinski definition) is 5. The molecule has 0 aliphatic heterocycles. The summed E-state index contributed by atoms with van der Waals surface area (Å²) in [5.41, 5.74) is 5.37. The number of rotatable bonds is 43. The number of carbonyl (C=O) groups is 1. The van der Waals surface area contributed by atoms with Gasteiger partial charge in [0, 0.05) is 6.54 Å². The average Bonchev–Trinajstić information content (AvgIpc) is 3.15. The topological polar surface area (TPSA) is 151 Å². The normalized spacial score (nSPS) is 14.7. The molecule has 0 radical (unpaired) electrons. The fourth-order valence-electron chi connectivity index (χ4n) is 6.94. The highest BCUT2D eigenvalue weighted by Gasteiger charge is 2.28. The van der Waals surface area contributed by atoms with Crippen molar-refractivity contribution in [3.63, 3.8) is 0 Å². The SMILES string of the molecule is CCCCCC/C=C\CCCCCCCC(O)CC(=O)NC(COP(=O)(O)OCCN)C(O)CCCCCCCCCCCCCCCCCCCCC. The Morgan fingerprint density at radius 2 is 1.00 bits per heavy atom. The van der Waals surface area contributed by atoms with Gasteiger partial charge in [0.25, 0.3) is 0 Å². The number of aliphatic hydroxyl groups is 2. The second kappa shape index (κ2) is 40.4. The molecule has 0 aromatic heterocycles. The highest BCUT2D eigenvalue weighted by molar-refractivity contribution is 7.47. The second-order valence-corrected chi connectivity index (χ2v) is 17.3. The lowest BCUT2D eigenvalue weighted by Gasteiger charge is -2.25. The molecule has 54 heavy (non-hydrogen) atoms. The van der Waals surface area contributed by atoms with E-state index in [1.54, 1.807) is 0 Å². The van der Waals surface area contributed by atoms with Crippen LogP contribution in [0.5, 0.6) is 0 Å². The van der Waals surface area contributed by atoms with Gasteiger partial charge in [-0.3, -0.25) is 13.8 Å². The van der Waals surface area contributed by atoms with Gasteiger partial charge < -0.3 is 26.2 Å². The van der Waals surface area contributed by atoms with Crippen LogP contribution >= 0.6 is 7.82 Å². The average molecular weight is 789 g/mol. The van der Waals surface area contributed by atoms with Crippen LogP contribution in [0, 0.1) is 0 Å². The fourth-order valence-corrected chi connectivity index (χ4v) is 7.70. The lowest BCUT2D eigenvalue weighted by Crippen LogP contribution is -2.47. The van der Waals surface area contributed by atoms with Crippen molar-refractivity contribution in [1.29, 1.82) is 0 Å². The first-order chi connectivity index (χ1) is 26.3. The molecule has 10 heteroatoms. The molecule has 0 aliphatic rings. The first-order valence-electron chi connectivity index (χ1n) is 22.9. The maximum Gasteiger partial charge on any atom is 0.472 e. The van der Waals surface area contributed by atoms with Crippen molar-refractivity contribution in [3.8, 4) is 0 Å². The summed E-state index contributed by atoms with van der Waals surface area (Å²) in [6.45, 7) is 4.04. The lowest BCUT2D eigenvalue weighted by atomic mass is 10.0. The third kappa shape index (κ3) is 38.1. The number of hydrogen-bond acceptors (Lipinski definition) is 7. The van der Waals surface area contributed by atoms with Crippen LogP contribution in [0.2, 0.25) is 0 Å². The Kier molecular flexibility index (Phi) is 39.8. The summed E-state index contributed by atoms with van der Waals surface area (Å²) < 4.78 is 22.2. The Bertz CT molecular complexity index is 878. The Balaban J connectivity index is 4.22. The van der Waals surface area contributed by atoms with E-state index in [0.717, 1.165) is 44.9 Å². The van der Waals surface area contributed by atoms with Crippen LogP contribution < -0.4 is 11.1 Å². The van der Waals surface area contributed by atoms with Crippen molar-refractivity contribution in [3.05, 3.63) is 12.2 Å². The van der Waals surface area contributed by atoms with Crippen LogP contribution in [-0.4, -0.2) is 59.0 Å². The molecule has 0 saturated carbocycles. The molecular formula is C44H89N2O7P.